The fraction of sp³-hybridized carbons (Fsp3) is 0.0714. The summed E-state index contributed by atoms with van der Waals surface area (Å²) in [4.78, 5) is 25.9. The molecule has 1 heterocycles. The summed E-state index contributed by atoms with van der Waals surface area (Å²) in [6.45, 7) is 0. The lowest BCUT2D eigenvalue weighted by Crippen LogP contribution is -2.17. The number of pyridine rings is 1. The lowest BCUT2D eigenvalue weighted by atomic mass is 10.1. The summed E-state index contributed by atoms with van der Waals surface area (Å²) in [5.74, 6) is -1.20. The number of carboxylic acid groups (broad SMARTS) is 1. The van der Waals surface area contributed by atoms with Crippen LogP contribution >= 0.6 is 0 Å². The zero-order valence-electron chi connectivity index (χ0n) is 10.3. The molecule has 2 N–H and O–H groups in total. The largest absolute Gasteiger partial charge is 0.477 e. The Hall–Kier alpha value is -2.69. The molecule has 0 spiro atoms. The van der Waals surface area contributed by atoms with Crippen molar-refractivity contribution in [2.45, 2.75) is 0 Å². The zero-order chi connectivity index (χ0) is 13.8. The van der Waals surface area contributed by atoms with Crippen molar-refractivity contribution in [2.24, 2.45) is 0 Å². The minimum Gasteiger partial charge on any atom is -0.477 e. The van der Waals surface area contributed by atoms with Gasteiger partial charge in [-0.05, 0) is 23.8 Å². The highest BCUT2D eigenvalue weighted by molar-refractivity contribution is 5.94. The van der Waals surface area contributed by atoms with Gasteiger partial charge in [0.05, 0.1) is 0 Å². The average molecular weight is 256 g/mol. The fourth-order valence-corrected chi connectivity index (χ4v) is 1.65. The molecule has 0 saturated carbocycles. The summed E-state index contributed by atoms with van der Waals surface area (Å²) in [7, 11) is 1.57. The van der Waals surface area contributed by atoms with Gasteiger partial charge in [-0.15, -0.1) is 0 Å². The summed E-state index contributed by atoms with van der Waals surface area (Å²) in [5, 5.41) is 11.3. The van der Waals surface area contributed by atoms with Crippen molar-refractivity contribution in [1.29, 1.82) is 0 Å². The van der Waals surface area contributed by atoms with Crippen LogP contribution in [0.5, 0.6) is 0 Å². The Labute approximate surface area is 109 Å². The first-order chi connectivity index (χ1) is 9.11. The molecule has 0 saturated heterocycles. The average Bonchev–Trinajstić information content (AvgIpc) is 2.46. The normalized spacial score (nSPS) is 9.95. The Balaban J connectivity index is 2.27. The molecule has 1 aromatic carbocycles. The van der Waals surface area contributed by atoms with E-state index in [0.29, 0.717) is 5.56 Å². The number of aromatic nitrogens is 1. The lowest BCUT2D eigenvalue weighted by Gasteiger charge is -2.04. The van der Waals surface area contributed by atoms with Crippen molar-refractivity contribution >= 4 is 11.9 Å². The number of carboxylic acids is 1. The predicted octanol–water partition coefficient (Wildman–Crippen LogP) is 1.81. The van der Waals surface area contributed by atoms with E-state index < -0.39 is 5.97 Å². The Bertz CT molecular complexity index is 604. The van der Waals surface area contributed by atoms with Crippen LogP contribution in [0.4, 0.5) is 0 Å². The molecule has 0 fully saturated rings. The molecule has 5 heteroatoms. The van der Waals surface area contributed by atoms with Crippen molar-refractivity contribution < 1.29 is 14.7 Å². The molecule has 0 aliphatic rings. The smallest absolute Gasteiger partial charge is 0.354 e. The number of nitrogens with one attached hydrogen (secondary N) is 1. The summed E-state index contributed by atoms with van der Waals surface area (Å²) in [6, 6.07) is 10.1. The van der Waals surface area contributed by atoms with Crippen LogP contribution < -0.4 is 5.32 Å². The predicted molar refractivity (Wildman–Crippen MR) is 70.0 cm³/mol. The summed E-state index contributed by atoms with van der Waals surface area (Å²) in [5.41, 5.74) is 2.25. The monoisotopic (exact) mass is 256 g/mol. The molecule has 19 heavy (non-hydrogen) atoms. The van der Waals surface area contributed by atoms with Gasteiger partial charge in [0.1, 0.15) is 5.69 Å². The van der Waals surface area contributed by atoms with Crippen LogP contribution in [0.1, 0.15) is 20.8 Å². The van der Waals surface area contributed by atoms with E-state index in [-0.39, 0.29) is 11.6 Å². The SMILES string of the molecule is CNC(=O)c1ccc(-c2ccc(C(=O)O)nc2)cc1. The van der Waals surface area contributed by atoms with Gasteiger partial charge in [-0.2, -0.15) is 0 Å². The van der Waals surface area contributed by atoms with Gasteiger partial charge in [-0.3, -0.25) is 4.79 Å². The molecule has 1 amide bonds. The van der Waals surface area contributed by atoms with Crippen molar-refractivity contribution in [3.8, 4) is 11.1 Å². The van der Waals surface area contributed by atoms with Crippen LogP contribution in [0, 0.1) is 0 Å². The number of hydrogen-bond acceptors (Lipinski definition) is 3. The number of benzene rings is 1. The second-order valence-electron chi connectivity index (χ2n) is 3.89. The summed E-state index contributed by atoms with van der Waals surface area (Å²) < 4.78 is 0. The second kappa shape index (κ2) is 5.30. The van der Waals surface area contributed by atoms with E-state index in [9.17, 15) is 9.59 Å². The van der Waals surface area contributed by atoms with E-state index >= 15 is 0 Å². The van der Waals surface area contributed by atoms with E-state index in [1.807, 2.05) is 0 Å². The van der Waals surface area contributed by atoms with Crippen LogP contribution in [0.25, 0.3) is 11.1 Å². The lowest BCUT2D eigenvalue weighted by molar-refractivity contribution is 0.0690. The van der Waals surface area contributed by atoms with Crippen molar-refractivity contribution in [3.63, 3.8) is 0 Å². The van der Waals surface area contributed by atoms with E-state index in [1.165, 1.54) is 12.3 Å². The van der Waals surface area contributed by atoms with Gasteiger partial charge in [0.15, 0.2) is 0 Å². The summed E-state index contributed by atoms with van der Waals surface area (Å²) in [6.07, 6.45) is 1.50. The molecule has 0 aliphatic heterocycles. The van der Waals surface area contributed by atoms with Crippen LogP contribution in [0.3, 0.4) is 0 Å². The van der Waals surface area contributed by atoms with Gasteiger partial charge < -0.3 is 10.4 Å². The zero-order valence-corrected chi connectivity index (χ0v) is 10.3. The Morgan fingerprint density at radius 2 is 1.68 bits per heavy atom. The minimum absolute atomic E-state index is 0.00531. The second-order valence-corrected chi connectivity index (χ2v) is 3.89. The van der Waals surface area contributed by atoms with Crippen LogP contribution in [-0.2, 0) is 0 Å². The van der Waals surface area contributed by atoms with Gasteiger partial charge in [-0.25, -0.2) is 9.78 Å². The van der Waals surface area contributed by atoms with Crippen molar-refractivity contribution in [2.75, 3.05) is 7.05 Å². The third kappa shape index (κ3) is 2.77. The van der Waals surface area contributed by atoms with E-state index in [0.717, 1.165) is 11.1 Å². The molecule has 1 aromatic heterocycles. The molecule has 0 unspecified atom stereocenters. The van der Waals surface area contributed by atoms with E-state index in [4.69, 9.17) is 5.11 Å². The number of rotatable bonds is 3. The number of amides is 1. The van der Waals surface area contributed by atoms with Crippen molar-refractivity contribution in [1.82, 2.24) is 10.3 Å². The number of carbonyl (C=O) groups is 2. The number of hydrogen-bond donors (Lipinski definition) is 2. The van der Waals surface area contributed by atoms with Gasteiger partial charge >= 0.3 is 5.97 Å². The van der Waals surface area contributed by atoms with Gasteiger partial charge in [0, 0.05) is 24.4 Å². The highest BCUT2D eigenvalue weighted by atomic mass is 16.4. The maximum Gasteiger partial charge on any atom is 0.354 e. The molecule has 0 radical (unpaired) electrons. The fourth-order valence-electron chi connectivity index (χ4n) is 1.65. The van der Waals surface area contributed by atoms with Crippen molar-refractivity contribution in [3.05, 3.63) is 53.9 Å². The van der Waals surface area contributed by atoms with Gasteiger partial charge in [-0.1, -0.05) is 18.2 Å². The highest BCUT2D eigenvalue weighted by Crippen LogP contribution is 2.19. The molecule has 96 valence electrons. The van der Waals surface area contributed by atoms with Gasteiger partial charge in [0.2, 0.25) is 0 Å². The third-order valence-corrected chi connectivity index (χ3v) is 2.69. The Morgan fingerprint density at radius 1 is 1.05 bits per heavy atom. The summed E-state index contributed by atoms with van der Waals surface area (Å²) >= 11 is 0. The first-order valence-electron chi connectivity index (χ1n) is 5.63. The molecular formula is C14H12N2O3. The van der Waals surface area contributed by atoms with Gasteiger partial charge in [0.25, 0.3) is 5.91 Å². The van der Waals surface area contributed by atoms with Crippen LogP contribution in [0.15, 0.2) is 42.6 Å². The molecule has 0 bridgehead atoms. The number of nitrogens with zero attached hydrogens (tertiary/aromatic N) is 1. The maximum atomic E-state index is 11.4. The topological polar surface area (TPSA) is 79.3 Å². The molecule has 0 aliphatic carbocycles. The quantitative estimate of drug-likeness (QED) is 0.877. The standard InChI is InChI=1S/C14H12N2O3/c1-15-13(17)10-4-2-9(3-5-10)11-6-7-12(14(18)19)16-8-11/h2-8H,1H3,(H,15,17)(H,18,19). The highest BCUT2D eigenvalue weighted by Gasteiger charge is 2.06. The first-order valence-corrected chi connectivity index (χ1v) is 5.63. The maximum absolute atomic E-state index is 11.4. The molecule has 5 nitrogen and oxygen atoms in total. The first kappa shape index (κ1) is 12.8. The number of carbonyl (C=O) groups excluding carboxylic acids is 1. The van der Waals surface area contributed by atoms with Crippen LogP contribution in [0.2, 0.25) is 0 Å². The van der Waals surface area contributed by atoms with E-state index in [1.54, 1.807) is 37.4 Å². The minimum atomic E-state index is -1.05. The molecule has 0 atom stereocenters. The Kier molecular flexibility index (Phi) is 3.56. The van der Waals surface area contributed by atoms with E-state index in [2.05, 4.69) is 10.3 Å². The van der Waals surface area contributed by atoms with Crippen LogP contribution in [-0.4, -0.2) is 29.0 Å². The molecule has 2 rings (SSSR count). The molecular weight excluding hydrogens is 244 g/mol. The third-order valence-electron chi connectivity index (χ3n) is 2.69. The number of aromatic carboxylic acids is 1. The Morgan fingerprint density at radius 3 is 2.16 bits per heavy atom. The molecule has 2 aromatic rings.